The molecule has 118 valence electrons. The SMILES string of the molecule is CCN(C(=O)CCC(C)OC)c1nnc(C)c2ccccc12. The van der Waals surface area contributed by atoms with Gasteiger partial charge < -0.3 is 4.74 Å². The molecule has 1 aromatic carbocycles. The van der Waals surface area contributed by atoms with Crippen molar-refractivity contribution in [2.45, 2.75) is 39.7 Å². The number of rotatable bonds is 6. The van der Waals surface area contributed by atoms with Gasteiger partial charge in [0.25, 0.3) is 0 Å². The Hall–Kier alpha value is -2.01. The molecule has 22 heavy (non-hydrogen) atoms. The highest BCUT2D eigenvalue weighted by Gasteiger charge is 2.19. The molecule has 0 saturated carbocycles. The van der Waals surface area contributed by atoms with E-state index in [2.05, 4.69) is 10.2 Å². The van der Waals surface area contributed by atoms with E-state index in [1.807, 2.05) is 45.0 Å². The monoisotopic (exact) mass is 301 g/mol. The summed E-state index contributed by atoms with van der Waals surface area (Å²) in [7, 11) is 1.66. The fraction of sp³-hybridized carbons (Fsp3) is 0.471. The average Bonchev–Trinajstić information content (AvgIpc) is 2.55. The summed E-state index contributed by atoms with van der Waals surface area (Å²) in [5, 5.41) is 10.5. The number of ether oxygens (including phenoxy) is 1. The molecule has 0 radical (unpaired) electrons. The number of hydrogen-bond donors (Lipinski definition) is 0. The Morgan fingerprint density at radius 1 is 1.27 bits per heavy atom. The Kier molecular flexibility index (Phi) is 5.44. The molecule has 5 heteroatoms. The van der Waals surface area contributed by atoms with Crippen LogP contribution in [0.25, 0.3) is 10.8 Å². The summed E-state index contributed by atoms with van der Waals surface area (Å²) in [6.07, 6.45) is 1.21. The number of hydrogen-bond acceptors (Lipinski definition) is 4. The summed E-state index contributed by atoms with van der Waals surface area (Å²) in [4.78, 5) is 14.2. The summed E-state index contributed by atoms with van der Waals surface area (Å²) < 4.78 is 5.21. The lowest BCUT2D eigenvalue weighted by atomic mass is 10.1. The Morgan fingerprint density at radius 3 is 2.59 bits per heavy atom. The summed E-state index contributed by atoms with van der Waals surface area (Å²) in [5.41, 5.74) is 0.871. The molecule has 1 atom stereocenters. The van der Waals surface area contributed by atoms with Crippen LogP contribution in [0.1, 0.15) is 32.4 Å². The Balaban J connectivity index is 2.32. The number of anilines is 1. The van der Waals surface area contributed by atoms with E-state index in [9.17, 15) is 4.79 Å². The van der Waals surface area contributed by atoms with Crippen LogP contribution in [0.15, 0.2) is 24.3 Å². The van der Waals surface area contributed by atoms with Crippen molar-refractivity contribution < 1.29 is 9.53 Å². The first-order valence-corrected chi connectivity index (χ1v) is 7.63. The minimum Gasteiger partial charge on any atom is -0.382 e. The van der Waals surface area contributed by atoms with Crippen LogP contribution in [0.2, 0.25) is 0 Å². The minimum atomic E-state index is 0.0507. The number of aryl methyl sites for hydroxylation is 1. The van der Waals surface area contributed by atoms with E-state index < -0.39 is 0 Å². The van der Waals surface area contributed by atoms with E-state index in [-0.39, 0.29) is 12.0 Å². The predicted octanol–water partition coefficient (Wildman–Crippen LogP) is 3.11. The zero-order valence-corrected chi connectivity index (χ0v) is 13.7. The molecule has 0 aliphatic carbocycles. The second kappa shape index (κ2) is 7.31. The first-order valence-electron chi connectivity index (χ1n) is 7.63. The first kappa shape index (κ1) is 16.4. The van der Waals surface area contributed by atoms with Gasteiger partial charge in [0.15, 0.2) is 5.82 Å². The third-order valence-corrected chi connectivity index (χ3v) is 3.89. The van der Waals surface area contributed by atoms with Gasteiger partial charge in [-0.1, -0.05) is 24.3 Å². The number of methoxy groups -OCH3 is 1. The molecule has 0 spiro atoms. The molecule has 5 nitrogen and oxygen atoms in total. The van der Waals surface area contributed by atoms with Gasteiger partial charge >= 0.3 is 0 Å². The molecule has 1 aromatic heterocycles. The maximum atomic E-state index is 12.5. The lowest BCUT2D eigenvalue weighted by molar-refractivity contribution is -0.119. The van der Waals surface area contributed by atoms with Crippen LogP contribution in [0.5, 0.6) is 0 Å². The van der Waals surface area contributed by atoms with Crippen molar-refractivity contribution in [3.8, 4) is 0 Å². The highest BCUT2D eigenvalue weighted by molar-refractivity contribution is 6.02. The van der Waals surface area contributed by atoms with Crippen molar-refractivity contribution in [1.82, 2.24) is 10.2 Å². The van der Waals surface area contributed by atoms with Crippen molar-refractivity contribution in [3.05, 3.63) is 30.0 Å². The van der Waals surface area contributed by atoms with E-state index in [4.69, 9.17) is 4.74 Å². The van der Waals surface area contributed by atoms with E-state index >= 15 is 0 Å². The minimum absolute atomic E-state index is 0.0507. The number of benzene rings is 1. The summed E-state index contributed by atoms with van der Waals surface area (Å²) >= 11 is 0. The molecule has 1 unspecified atom stereocenters. The fourth-order valence-electron chi connectivity index (χ4n) is 2.45. The van der Waals surface area contributed by atoms with Crippen LogP contribution in [0.3, 0.4) is 0 Å². The third kappa shape index (κ3) is 3.42. The van der Waals surface area contributed by atoms with Crippen molar-refractivity contribution in [1.29, 1.82) is 0 Å². The van der Waals surface area contributed by atoms with Crippen LogP contribution in [-0.4, -0.2) is 35.9 Å². The summed E-state index contributed by atoms with van der Waals surface area (Å²) in [6.45, 7) is 6.41. The third-order valence-electron chi connectivity index (χ3n) is 3.89. The molecule has 2 rings (SSSR count). The highest BCUT2D eigenvalue weighted by Crippen LogP contribution is 2.26. The van der Waals surface area contributed by atoms with Gasteiger partial charge in [-0.05, 0) is 27.2 Å². The van der Waals surface area contributed by atoms with E-state index in [1.54, 1.807) is 12.0 Å². The molecule has 0 aliphatic rings. The molecule has 0 saturated heterocycles. The highest BCUT2D eigenvalue weighted by atomic mass is 16.5. The van der Waals surface area contributed by atoms with Crippen LogP contribution >= 0.6 is 0 Å². The Labute approximate surface area is 131 Å². The van der Waals surface area contributed by atoms with Crippen molar-refractivity contribution >= 4 is 22.5 Å². The van der Waals surface area contributed by atoms with E-state index in [1.165, 1.54) is 0 Å². The van der Waals surface area contributed by atoms with E-state index in [0.717, 1.165) is 16.5 Å². The molecule has 0 bridgehead atoms. The number of amides is 1. The quantitative estimate of drug-likeness (QED) is 0.822. The molecule has 0 aliphatic heterocycles. The molecule has 0 fully saturated rings. The topological polar surface area (TPSA) is 55.3 Å². The first-order chi connectivity index (χ1) is 10.6. The zero-order chi connectivity index (χ0) is 16.1. The number of nitrogens with zero attached hydrogens (tertiary/aromatic N) is 3. The molecular weight excluding hydrogens is 278 g/mol. The van der Waals surface area contributed by atoms with Gasteiger partial charge in [0.2, 0.25) is 5.91 Å². The standard InChI is InChI=1S/C17H23N3O2/c1-5-20(16(21)11-10-12(2)22-4)17-15-9-7-6-8-14(15)13(3)18-19-17/h6-9,12H,5,10-11H2,1-4H3. The number of aromatic nitrogens is 2. The predicted molar refractivity (Wildman–Crippen MR) is 88.0 cm³/mol. The number of fused-ring (bicyclic) bond motifs is 1. The van der Waals surface area contributed by atoms with Gasteiger partial charge in [0.05, 0.1) is 11.8 Å². The van der Waals surface area contributed by atoms with Gasteiger partial charge in [0, 0.05) is 30.8 Å². The summed E-state index contributed by atoms with van der Waals surface area (Å²) in [6, 6.07) is 7.92. The maximum Gasteiger partial charge on any atom is 0.228 e. The van der Waals surface area contributed by atoms with Crippen molar-refractivity contribution in [2.24, 2.45) is 0 Å². The maximum absolute atomic E-state index is 12.5. The average molecular weight is 301 g/mol. The zero-order valence-electron chi connectivity index (χ0n) is 13.7. The van der Waals surface area contributed by atoms with Crippen molar-refractivity contribution in [2.75, 3.05) is 18.6 Å². The lowest BCUT2D eigenvalue weighted by Crippen LogP contribution is -2.32. The van der Waals surface area contributed by atoms with Gasteiger partial charge in [-0.3, -0.25) is 9.69 Å². The second-order valence-corrected chi connectivity index (χ2v) is 5.38. The lowest BCUT2D eigenvalue weighted by Gasteiger charge is -2.22. The van der Waals surface area contributed by atoms with Gasteiger partial charge in [-0.15, -0.1) is 5.10 Å². The molecule has 0 N–H and O–H groups in total. The number of carbonyl (C=O) groups is 1. The van der Waals surface area contributed by atoms with E-state index in [0.29, 0.717) is 25.2 Å². The van der Waals surface area contributed by atoms with Crippen LogP contribution < -0.4 is 4.90 Å². The molecular formula is C17H23N3O2. The van der Waals surface area contributed by atoms with Gasteiger partial charge in [0.1, 0.15) is 0 Å². The molecule has 1 amide bonds. The Bertz CT molecular complexity index is 657. The molecule has 2 aromatic rings. The fourth-order valence-corrected chi connectivity index (χ4v) is 2.45. The van der Waals surface area contributed by atoms with Gasteiger partial charge in [-0.25, -0.2) is 0 Å². The number of carbonyl (C=O) groups excluding carboxylic acids is 1. The second-order valence-electron chi connectivity index (χ2n) is 5.38. The smallest absolute Gasteiger partial charge is 0.228 e. The molecule has 1 heterocycles. The normalized spacial score (nSPS) is 12.4. The van der Waals surface area contributed by atoms with Crippen LogP contribution in [0, 0.1) is 6.92 Å². The van der Waals surface area contributed by atoms with Gasteiger partial charge in [-0.2, -0.15) is 5.10 Å². The van der Waals surface area contributed by atoms with Crippen molar-refractivity contribution in [3.63, 3.8) is 0 Å². The largest absolute Gasteiger partial charge is 0.382 e. The Morgan fingerprint density at radius 2 is 1.95 bits per heavy atom. The van der Waals surface area contributed by atoms with Crippen LogP contribution in [-0.2, 0) is 9.53 Å². The van der Waals surface area contributed by atoms with Crippen LogP contribution in [0.4, 0.5) is 5.82 Å². The summed E-state index contributed by atoms with van der Waals surface area (Å²) in [5.74, 6) is 0.688.